The quantitative estimate of drug-likeness (QED) is 0.713. The van der Waals surface area contributed by atoms with Gasteiger partial charge in [0.1, 0.15) is 0 Å². The molecule has 3 rings (SSSR count). The van der Waals surface area contributed by atoms with E-state index in [4.69, 9.17) is 4.74 Å². The molecule has 3 aliphatic rings. The van der Waals surface area contributed by atoms with Crippen LogP contribution in [0.2, 0.25) is 0 Å². The van der Waals surface area contributed by atoms with Crippen molar-refractivity contribution < 1.29 is 9.53 Å². The van der Waals surface area contributed by atoms with E-state index in [2.05, 4.69) is 10.2 Å². The summed E-state index contributed by atoms with van der Waals surface area (Å²) in [6, 6.07) is 0. The van der Waals surface area contributed by atoms with E-state index in [0.717, 1.165) is 44.6 Å². The number of amides is 1. The standard InChI is InChI=1S/C13H23N3O2/c17-13(16-3-5-18-6-4-16)10-15-2-1-11-7-14-8-12(11)9-15/h11-12,14H,1-10H2. The highest BCUT2D eigenvalue weighted by atomic mass is 16.5. The molecular weight excluding hydrogens is 230 g/mol. The SMILES string of the molecule is O=C(CN1CCC2CNCC2C1)N1CCOCC1. The average Bonchev–Trinajstić information content (AvgIpc) is 2.87. The topological polar surface area (TPSA) is 44.8 Å². The van der Waals surface area contributed by atoms with Gasteiger partial charge in [-0.05, 0) is 37.9 Å². The van der Waals surface area contributed by atoms with Crippen molar-refractivity contribution in [2.75, 3.05) is 59.0 Å². The van der Waals surface area contributed by atoms with Crippen molar-refractivity contribution in [2.45, 2.75) is 6.42 Å². The van der Waals surface area contributed by atoms with Gasteiger partial charge in [-0.3, -0.25) is 9.69 Å². The van der Waals surface area contributed by atoms with E-state index < -0.39 is 0 Å². The first-order valence-electron chi connectivity index (χ1n) is 7.11. The van der Waals surface area contributed by atoms with Gasteiger partial charge >= 0.3 is 0 Å². The summed E-state index contributed by atoms with van der Waals surface area (Å²) in [5.41, 5.74) is 0. The summed E-state index contributed by atoms with van der Waals surface area (Å²) in [6.45, 7) is 8.00. The molecule has 0 aromatic heterocycles. The normalized spacial score (nSPS) is 33.4. The molecule has 1 amide bonds. The predicted octanol–water partition coefficient (Wildman–Crippen LogP) is -0.613. The van der Waals surface area contributed by atoms with E-state index in [1.165, 1.54) is 13.0 Å². The van der Waals surface area contributed by atoms with Crippen LogP contribution >= 0.6 is 0 Å². The number of nitrogens with zero attached hydrogens (tertiary/aromatic N) is 2. The van der Waals surface area contributed by atoms with E-state index in [0.29, 0.717) is 19.8 Å². The molecule has 2 unspecified atom stereocenters. The van der Waals surface area contributed by atoms with Gasteiger partial charge in [0.15, 0.2) is 0 Å². The summed E-state index contributed by atoms with van der Waals surface area (Å²) in [6.07, 6.45) is 1.24. The molecule has 0 aromatic carbocycles. The van der Waals surface area contributed by atoms with Crippen LogP contribution in [0, 0.1) is 11.8 Å². The lowest BCUT2D eigenvalue weighted by Gasteiger charge is -2.35. The van der Waals surface area contributed by atoms with Crippen LogP contribution in [0.1, 0.15) is 6.42 Å². The number of rotatable bonds is 2. The van der Waals surface area contributed by atoms with Gasteiger partial charge in [0.05, 0.1) is 19.8 Å². The molecule has 0 saturated carbocycles. The molecule has 0 aliphatic carbocycles. The minimum atomic E-state index is 0.280. The molecule has 5 heteroatoms. The zero-order valence-electron chi connectivity index (χ0n) is 10.9. The molecule has 3 heterocycles. The van der Waals surface area contributed by atoms with Crippen LogP contribution in [0.3, 0.4) is 0 Å². The van der Waals surface area contributed by atoms with Gasteiger partial charge in [0, 0.05) is 19.6 Å². The van der Waals surface area contributed by atoms with Gasteiger partial charge in [-0.1, -0.05) is 0 Å². The Bertz CT molecular complexity index is 305. The third-order valence-corrected chi connectivity index (χ3v) is 4.51. The Balaban J connectivity index is 1.48. The molecule has 102 valence electrons. The van der Waals surface area contributed by atoms with Crippen LogP contribution in [0.4, 0.5) is 0 Å². The molecule has 1 N–H and O–H groups in total. The highest BCUT2D eigenvalue weighted by Gasteiger charge is 2.33. The van der Waals surface area contributed by atoms with Gasteiger partial charge in [-0.15, -0.1) is 0 Å². The van der Waals surface area contributed by atoms with Gasteiger partial charge in [0.25, 0.3) is 0 Å². The van der Waals surface area contributed by atoms with Crippen molar-refractivity contribution >= 4 is 5.91 Å². The summed E-state index contributed by atoms with van der Waals surface area (Å²) < 4.78 is 5.28. The monoisotopic (exact) mass is 253 g/mol. The number of piperidine rings is 1. The second kappa shape index (κ2) is 5.55. The van der Waals surface area contributed by atoms with Gasteiger partial charge in [-0.25, -0.2) is 0 Å². The number of nitrogens with one attached hydrogen (secondary N) is 1. The van der Waals surface area contributed by atoms with Gasteiger partial charge < -0.3 is 15.0 Å². The maximum absolute atomic E-state index is 12.2. The molecule has 18 heavy (non-hydrogen) atoms. The second-order valence-corrected chi connectivity index (χ2v) is 5.70. The Labute approximate surface area is 108 Å². The van der Waals surface area contributed by atoms with E-state index >= 15 is 0 Å². The largest absolute Gasteiger partial charge is 0.378 e. The molecule has 2 atom stereocenters. The summed E-state index contributed by atoms with van der Waals surface area (Å²) in [7, 11) is 0. The van der Waals surface area contributed by atoms with Crippen LogP contribution in [0.15, 0.2) is 0 Å². The molecule has 0 radical (unpaired) electrons. The first kappa shape index (κ1) is 12.4. The third-order valence-electron chi connectivity index (χ3n) is 4.51. The lowest BCUT2D eigenvalue weighted by molar-refractivity contribution is -0.137. The Morgan fingerprint density at radius 1 is 1.17 bits per heavy atom. The van der Waals surface area contributed by atoms with E-state index in [1.54, 1.807) is 0 Å². The van der Waals surface area contributed by atoms with Crippen molar-refractivity contribution in [3.05, 3.63) is 0 Å². The average molecular weight is 253 g/mol. The molecule has 0 bridgehead atoms. The molecule has 5 nitrogen and oxygen atoms in total. The fraction of sp³-hybridized carbons (Fsp3) is 0.923. The lowest BCUT2D eigenvalue weighted by atomic mass is 9.89. The highest BCUT2D eigenvalue weighted by Crippen LogP contribution is 2.26. The van der Waals surface area contributed by atoms with Crippen molar-refractivity contribution in [1.29, 1.82) is 0 Å². The number of morpholine rings is 1. The van der Waals surface area contributed by atoms with Crippen molar-refractivity contribution in [1.82, 2.24) is 15.1 Å². The maximum atomic E-state index is 12.2. The minimum Gasteiger partial charge on any atom is -0.378 e. The van der Waals surface area contributed by atoms with Gasteiger partial charge in [-0.2, -0.15) is 0 Å². The Morgan fingerprint density at radius 3 is 2.78 bits per heavy atom. The second-order valence-electron chi connectivity index (χ2n) is 5.70. The predicted molar refractivity (Wildman–Crippen MR) is 68.3 cm³/mol. The lowest BCUT2D eigenvalue weighted by Crippen LogP contribution is -2.48. The Kier molecular flexibility index (Phi) is 3.82. The number of hydrogen-bond donors (Lipinski definition) is 1. The van der Waals surface area contributed by atoms with E-state index in [1.807, 2.05) is 4.90 Å². The smallest absolute Gasteiger partial charge is 0.236 e. The first-order valence-corrected chi connectivity index (χ1v) is 7.11. The molecular formula is C13H23N3O2. The fourth-order valence-electron chi connectivity index (χ4n) is 3.36. The van der Waals surface area contributed by atoms with E-state index in [9.17, 15) is 4.79 Å². The minimum absolute atomic E-state index is 0.280. The number of hydrogen-bond acceptors (Lipinski definition) is 4. The van der Waals surface area contributed by atoms with Crippen LogP contribution in [0.5, 0.6) is 0 Å². The summed E-state index contributed by atoms with van der Waals surface area (Å²) in [5, 5.41) is 3.46. The van der Waals surface area contributed by atoms with Crippen molar-refractivity contribution in [3.63, 3.8) is 0 Å². The van der Waals surface area contributed by atoms with Crippen LogP contribution in [-0.2, 0) is 9.53 Å². The fourth-order valence-corrected chi connectivity index (χ4v) is 3.36. The van der Waals surface area contributed by atoms with Crippen molar-refractivity contribution in [2.24, 2.45) is 11.8 Å². The van der Waals surface area contributed by atoms with Crippen LogP contribution in [0.25, 0.3) is 0 Å². The summed E-state index contributed by atoms with van der Waals surface area (Å²) >= 11 is 0. The van der Waals surface area contributed by atoms with Crippen molar-refractivity contribution in [3.8, 4) is 0 Å². The number of carbonyl (C=O) groups excluding carboxylic acids is 1. The maximum Gasteiger partial charge on any atom is 0.236 e. The number of carbonyl (C=O) groups is 1. The Morgan fingerprint density at radius 2 is 1.94 bits per heavy atom. The van der Waals surface area contributed by atoms with Gasteiger partial charge in [0.2, 0.25) is 5.91 Å². The zero-order chi connectivity index (χ0) is 12.4. The Hall–Kier alpha value is -0.650. The molecule has 3 aliphatic heterocycles. The van der Waals surface area contributed by atoms with E-state index in [-0.39, 0.29) is 5.91 Å². The van der Waals surface area contributed by atoms with Crippen LogP contribution < -0.4 is 5.32 Å². The molecule has 3 saturated heterocycles. The number of likely N-dealkylation sites (tertiary alicyclic amines) is 1. The number of fused-ring (bicyclic) bond motifs is 1. The summed E-state index contributed by atoms with van der Waals surface area (Å²) in [4.78, 5) is 16.5. The molecule has 0 spiro atoms. The molecule has 0 aromatic rings. The third kappa shape index (κ3) is 2.68. The zero-order valence-corrected chi connectivity index (χ0v) is 10.9. The molecule has 3 fully saturated rings. The number of ether oxygens (including phenoxy) is 1. The summed E-state index contributed by atoms with van der Waals surface area (Å²) in [5.74, 6) is 1.89. The van der Waals surface area contributed by atoms with Crippen LogP contribution in [-0.4, -0.2) is 74.7 Å². The highest BCUT2D eigenvalue weighted by molar-refractivity contribution is 5.78. The first-order chi connectivity index (χ1) is 8.83.